The van der Waals surface area contributed by atoms with Crippen molar-refractivity contribution >= 4 is 16.9 Å². The van der Waals surface area contributed by atoms with Crippen LogP contribution in [0.5, 0.6) is 0 Å². The summed E-state index contributed by atoms with van der Waals surface area (Å²) in [7, 11) is 2.21. The fourth-order valence-electron chi connectivity index (χ4n) is 4.85. The van der Waals surface area contributed by atoms with Crippen LogP contribution in [0.4, 0.5) is 0 Å². The van der Waals surface area contributed by atoms with Crippen molar-refractivity contribution in [2.24, 2.45) is 5.41 Å². The van der Waals surface area contributed by atoms with Crippen LogP contribution < -0.4 is 0 Å². The van der Waals surface area contributed by atoms with Crippen LogP contribution >= 0.6 is 0 Å². The average Bonchev–Trinajstić information content (AvgIpc) is 3.34. The van der Waals surface area contributed by atoms with Gasteiger partial charge in [0.05, 0.1) is 17.4 Å². The zero-order valence-corrected chi connectivity index (χ0v) is 16.3. The third-order valence-electron chi connectivity index (χ3n) is 6.63. The standard InChI is InChI=1S/C23H26N4O/c1-26-11-8-23(15-26)9-12-27(13-10-23)22(28)18-4-2-17(3-5-18)19-6-7-20-21(14-19)25-16-24-20/h2-7,14,16H,8-13,15H2,1H3,(H,24,25). The smallest absolute Gasteiger partial charge is 0.253 e. The fourth-order valence-corrected chi connectivity index (χ4v) is 4.85. The molecule has 0 bridgehead atoms. The Morgan fingerprint density at radius 1 is 1.00 bits per heavy atom. The first kappa shape index (κ1) is 17.4. The summed E-state index contributed by atoms with van der Waals surface area (Å²) in [6.45, 7) is 4.14. The van der Waals surface area contributed by atoms with Crippen LogP contribution in [0.15, 0.2) is 48.8 Å². The Kier molecular flexibility index (Phi) is 4.20. The lowest BCUT2D eigenvalue weighted by molar-refractivity contribution is 0.0594. The van der Waals surface area contributed by atoms with Gasteiger partial charge in [-0.25, -0.2) is 4.98 Å². The van der Waals surface area contributed by atoms with Gasteiger partial charge in [0.25, 0.3) is 5.91 Å². The SMILES string of the molecule is CN1CCC2(CCN(C(=O)c3ccc(-c4ccc5nc[nH]c5c4)cc3)CC2)C1. The Hall–Kier alpha value is -2.66. The van der Waals surface area contributed by atoms with Crippen LogP contribution in [0.25, 0.3) is 22.2 Å². The highest BCUT2D eigenvalue weighted by Gasteiger charge is 2.40. The number of carbonyl (C=O) groups excluding carboxylic acids is 1. The Morgan fingerprint density at radius 3 is 2.43 bits per heavy atom. The quantitative estimate of drug-likeness (QED) is 0.743. The molecule has 0 saturated carbocycles. The van der Waals surface area contributed by atoms with Crippen molar-refractivity contribution in [2.45, 2.75) is 19.3 Å². The normalized spacial score (nSPS) is 19.5. The van der Waals surface area contributed by atoms with Gasteiger partial charge in [-0.1, -0.05) is 18.2 Å². The minimum absolute atomic E-state index is 0.164. The van der Waals surface area contributed by atoms with Crippen LogP contribution in [0.2, 0.25) is 0 Å². The van der Waals surface area contributed by atoms with Crippen molar-refractivity contribution in [3.8, 4) is 11.1 Å². The summed E-state index contributed by atoms with van der Waals surface area (Å²) in [6, 6.07) is 14.2. The number of piperidine rings is 1. The van der Waals surface area contributed by atoms with Gasteiger partial charge in [0.1, 0.15) is 0 Å². The van der Waals surface area contributed by atoms with Crippen molar-refractivity contribution in [1.29, 1.82) is 0 Å². The summed E-state index contributed by atoms with van der Waals surface area (Å²) < 4.78 is 0. The third-order valence-corrected chi connectivity index (χ3v) is 6.63. The number of hydrogen-bond donors (Lipinski definition) is 1. The molecule has 28 heavy (non-hydrogen) atoms. The number of amides is 1. The van der Waals surface area contributed by atoms with E-state index in [0.29, 0.717) is 5.41 Å². The molecule has 5 nitrogen and oxygen atoms in total. The molecule has 5 heteroatoms. The maximum absolute atomic E-state index is 13.0. The molecule has 2 aliphatic rings. The molecule has 2 aromatic carbocycles. The lowest BCUT2D eigenvalue weighted by atomic mass is 9.77. The van der Waals surface area contributed by atoms with Gasteiger partial charge in [-0.2, -0.15) is 0 Å². The number of fused-ring (bicyclic) bond motifs is 1. The summed E-state index contributed by atoms with van der Waals surface area (Å²) in [5.74, 6) is 0.164. The van der Waals surface area contributed by atoms with Crippen molar-refractivity contribution < 1.29 is 4.79 Å². The van der Waals surface area contributed by atoms with Crippen molar-refractivity contribution in [2.75, 3.05) is 33.2 Å². The molecular weight excluding hydrogens is 348 g/mol. The predicted molar refractivity (Wildman–Crippen MR) is 111 cm³/mol. The molecule has 144 valence electrons. The molecule has 0 atom stereocenters. The van der Waals surface area contributed by atoms with Gasteiger partial charge >= 0.3 is 0 Å². The molecule has 2 fully saturated rings. The summed E-state index contributed by atoms with van der Waals surface area (Å²) >= 11 is 0. The lowest BCUT2D eigenvalue weighted by Crippen LogP contribution is -2.44. The zero-order valence-electron chi connectivity index (χ0n) is 16.3. The average molecular weight is 374 g/mol. The first-order valence-electron chi connectivity index (χ1n) is 10.1. The topological polar surface area (TPSA) is 52.2 Å². The largest absolute Gasteiger partial charge is 0.345 e. The molecule has 2 saturated heterocycles. The summed E-state index contributed by atoms with van der Waals surface area (Å²) in [5, 5.41) is 0. The Morgan fingerprint density at radius 2 is 1.71 bits per heavy atom. The van der Waals surface area contributed by atoms with Gasteiger partial charge < -0.3 is 14.8 Å². The molecule has 5 rings (SSSR count). The zero-order chi connectivity index (χ0) is 19.1. The second-order valence-electron chi connectivity index (χ2n) is 8.49. The number of H-pyrrole nitrogens is 1. The van der Waals surface area contributed by atoms with Crippen molar-refractivity contribution in [3.05, 3.63) is 54.4 Å². The van der Waals surface area contributed by atoms with Crippen LogP contribution in [0, 0.1) is 5.41 Å². The van der Waals surface area contributed by atoms with E-state index >= 15 is 0 Å². The molecule has 1 spiro atoms. The second kappa shape index (κ2) is 6.74. The second-order valence-corrected chi connectivity index (χ2v) is 8.49. The van der Waals surface area contributed by atoms with E-state index in [4.69, 9.17) is 0 Å². The molecule has 0 unspecified atom stereocenters. The number of nitrogens with one attached hydrogen (secondary N) is 1. The summed E-state index contributed by atoms with van der Waals surface area (Å²) in [5.41, 5.74) is 5.46. The molecule has 1 N–H and O–H groups in total. The van der Waals surface area contributed by atoms with Gasteiger partial charge in [0.15, 0.2) is 0 Å². The molecule has 2 aliphatic heterocycles. The number of aromatic amines is 1. The number of rotatable bonds is 2. The van der Waals surface area contributed by atoms with E-state index < -0.39 is 0 Å². The highest BCUT2D eigenvalue weighted by atomic mass is 16.2. The lowest BCUT2D eigenvalue weighted by Gasteiger charge is -2.39. The van der Waals surface area contributed by atoms with E-state index in [1.54, 1.807) is 6.33 Å². The Bertz CT molecular complexity index is 999. The molecule has 1 aromatic heterocycles. The van der Waals surface area contributed by atoms with E-state index in [1.807, 2.05) is 35.2 Å². The fraction of sp³-hybridized carbons (Fsp3) is 0.391. The molecule has 1 amide bonds. The van der Waals surface area contributed by atoms with Crippen molar-refractivity contribution in [3.63, 3.8) is 0 Å². The third kappa shape index (κ3) is 3.10. The monoisotopic (exact) mass is 374 g/mol. The molecule has 3 heterocycles. The van der Waals surface area contributed by atoms with E-state index in [-0.39, 0.29) is 5.91 Å². The number of likely N-dealkylation sites (tertiary alicyclic amines) is 2. The molecule has 0 aliphatic carbocycles. The van der Waals surface area contributed by atoms with E-state index in [0.717, 1.165) is 53.7 Å². The highest BCUT2D eigenvalue weighted by Crippen LogP contribution is 2.40. The number of aromatic nitrogens is 2. The number of hydrogen-bond acceptors (Lipinski definition) is 3. The van der Waals surface area contributed by atoms with E-state index in [2.05, 4.69) is 34.0 Å². The van der Waals surface area contributed by atoms with Crippen LogP contribution in [-0.2, 0) is 0 Å². The van der Waals surface area contributed by atoms with E-state index in [9.17, 15) is 4.79 Å². The minimum atomic E-state index is 0.164. The van der Waals surface area contributed by atoms with Gasteiger partial charge in [-0.05, 0) is 73.7 Å². The molecular formula is C23H26N4O. The van der Waals surface area contributed by atoms with Gasteiger partial charge in [-0.15, -0.1) is 0 Å². The number of imidazole rings is 1. The maximum atomic E-state index is 13.0. The van der Waals surface area contributed by atoms with Crippen LogP contribution in [-0.4, -0.2) is 58.9 Å². The maximum Gasteiger partial charge on any atom is 0.253 e. The predicted octanol–water partition coefficient (Wildman–Crippen LogP) is 3.79. The first-order valence-corrected chi connectivity index (χ1v) is 10.1. The van der Waals surface area contributed by atoms with Gasteiger partial charge in [0.2, 0.25) is 0 Å². The highest BCUT2D eigenvalue weighted by molar-refractivity contribution is 5.95. The number of benzene rings is 2. The molecule has 0 radical (unpaired) electrons. The molecule has 3 aromatic rings. The van der Waals surface area contributed by atoms with Crippen LogP contribution in [0.3, 0.4) is 0 Å². The van der Waals surface area contributed by atoms with Gasteiger partial charge in [0, 0.05) is 25.2 Å². The summed E-state index contributed by atoms with van der Waals surface area (Å²) in [4.78, 5) is 24.8. The summed E-state index contributed by atoms with van der Waals surface area (Å²) in [6.07, 6.45) is 5.25. The Labute approximate surface area is 165 Å². The van der Waals surface area contributed by atoms with Crippen LogP contribution in [0.1, 0.15) is 29.6 Å². The van der Waals surface area contributed by atoms with Gasteiger partial charge in [-0.3, -0.25) is 4.79 Å². The first-order chi connectivity index (χ1) is 13.6. The number of carbonyl (C=O) groups is 1. The number of nitrogens with zero attached hydrogens (tertiary/aromatic N) is 3. The van der Waals surface area contributed by atoms with E-state index in [1.165, 1.54) is 19.5 Å². The Balaban J connectivity index is 1.28. The van der Waals surface area contributed by atoms with Crippen molar-refractivity contribution in [1.82, 2.24) is 19.8 Å². The minimum Gasteiger partial charge on any atom is -0.345 e.